The van der Waals surface area contributed by atoms with E-state index in [2.05, 4.69) is 0 Å². The molecule has 22 heavy (non-hydrogen) atoms. The number of hydrogen-bond donors (Lipinski definition) is 4. The monoisotopic (exact) mass is 304 g/mol. The van der Waals surface area contributed by atoms with Crippen LogP contribution < -0.4 is 0 Å². The quantitative estimate of drug-likeness (QED) is 0.682. The Morgan fingerprint density at radius 2 is 0.909 bits per heavy atom. The average molecular weight is 304 g/mol. The van der Waals surface area contributed by atoms with Gasteiger partial charge in [0.2, 0.25) is 0 Å². The second kappa shape index (κ2) is 8.56. The van der Waals surface area contributed by atoms with E-state index in [1.54, 1.807) is 60.7 Å². The summed E-state index contributed by atoms with van der Waals surface area (Å²) in [7, 11) is 0. The highest BCUT2D eigenvalue weighted by Crippen LogP contribution is 2.11. The summed E-state index contributed by atoms with van der Waals surface area (Å²) in [6.45, 7) is 0. The lowest BCUT2D eigenvalue weighted by molar-refractivity contribution is -0.147. The van der Waals surface area contributed by atoms with Gasteiger partial charge in [0.25, 0.3) is 0 Å². The van der Waals surface area contributed by atoms with E-state index in [1.165, 1.54) is 0 Å². The van der Waals surface area contributed by atoms with Crippen molar-refractivity contribution in [2.45, 2.75) is 12.2 Å². The number of rotatable bonds is 4. The molecule has 0 amide bonds. The van der Waals surface area contributed by atoms with Gasteiger partial charge in [-0.2, -0.15) is 0 Å². The highest BCUT2D eigenvalue weighted by molar-refractivity contribution is 5.74. The third-order valence-electron chi connectivity index (χ3n) is 2.70. The molecule has 2 aromatic rings. The lowest BCUT2D eigenvalue weighted by Crippen LogP contribution is -2.09. The van der Waals surface area contributed by atoms with Crippen molar-refractivity contribution in [3.63, 3.8) is 0 Å². The Morgan fingerprint density at radius 3 is 1.14 bits per heavy atom. The first-order valence-corrected chi connectivity index (χ1v) is 6.35. The number of hydrogen-bond acceptors (Lipinski definition) is 4. The third kappa shape index (κ3) is 5.35. The van der Waals surface area contributed by atoms with Crippen molar-refractivity contribution in [2.24, 2.45) is 0 Å². The van der Waals surface area contributed by atoms with Crippen LogP contribution in [0.1, 0.15) is 23.3 Å². The smallest absolute Gasteiger partial charge is 0.337 e. The number of carbonyl (C=O) groups is 2. The summed E-state index contributed by atoms with van der Waals surface area (Å²) in [4.78, 5) is 20.5. The predicted octanol–water partition coefficient (Wildman–Crippen LogP) is 1.61. The van der Waals surface area contributed by atoms with Crippen LogP contribution in [0.2, 0.25) is 0 Å². The summed E-state index contributed by atoms with van der Waals surface area (Å²) in [6.07, 6.45) is -2.81. The minimum Gasteiger partial charge on any atom is -0.479 e. The summed E-state index contributed by atoms with van der Waals surface area (Å²) < 4.78 is 0. The minimum atomic E-state index is -1.41. The Hall–Kier alpha value is -2.70. The van der Waals surface area contributed by atoms with Gasteiger partial charge in [-0.25, -0.2) is 9.59 Å². The van der Waals surface area contributed by atoms with Gasteiger partial charge < -0.3 is 20.4 Å². The van der Waals surface area contributed by atoms with E-state index in [4.69, 9.17) is 20.4 Å². The average Bonchev–Trinajstić information content (AvgIpc) is 2.55. The standard InChI is InChI=1S/2C8H8O3/c2*9-7(8(10)11)6-4-2-1-3-5-6/h2*1-5,7,9H,(H,10,11). The fourth-order valence-electron chi connectivity index (χ4n) is 1.56. The summed E-state index contributed by atoms with van der Waals surface area (Å²) in [6, 6.07) is 16.5. The minimum absolute atomic E-state index is 0.403. The molecule has 0 saturated carbocycles. The maximum absolute atomic E-state index is 10.2. The van der Waals surface area contributed by atoms with E-state index in [0.717, 1.165) is 0 Å². The number of benzene rings is 2. The van der Waals surface area contributed by atoms with Gasteiger partial charge in [-0.05, 0) is 11.1 Å². The van der Waals surface area contributed by atoms with Gasteiger partial charge in [-0.3, -0.25) is 0 Å². The first-order valence-electron chi connectivity index (χ1n) is 6.35. The fraction of sp³-hybridized carbons (Fsp3) is 0.125. The Labute approximate surface area is 126 Å². The highest BCUT2D eigenvalue weighted by atomic mass is 16.4. The maximum Gasteiger partial charge on any atom is 0.337 e. The molecule has 0 radical (unpaired) electrons. The SMILES string of the molecule is O=C(O)C(O)c1ccccc1.O=C(O)C(O)c1ccccc1. The second-order valence-electron chi connectivity index (χ2n) is 4.30. The topological polar surface area (TPSA) is 115 Å². The van der Waals surface area contributed by atoms with Crippen molar-refractivity contribution in [3.8, 4) is 0 Å². The lowest BCUT2D eigenvalue weighted by Gasteiger charge is -2.03. The molecular weight excluding hydrogens is 288 g/mol. The zero-order valence-electron chi connectivity index (χ0n) is 11.5. The first-order chi connectivity index (χ1) is 10.4. The van der Waals surface area contributed by atoms with E-state index in [9.17, 15) is 9.59 Å². The molecule has 4 N–H and O–H groups in total. The Balaban J connectivity index is 0.000000220. The third-order valence-corrected chi connectivity index (χ3v) is 2.70. The van der Waals surface area contributed by atoms with Crippen molar-refractivity contribution in [1.82, 2.24) is 0 Å². The molecule has 6 heteroatoms. The van der Waals surface area contributed by atoms with E-state index in [1.807, 2.05) is 0 Å². The largest absolute Gasteiger partial charge is 0.479 e. The number of carboxylic acid groups (broad SMARTS) is 2. The summed E-state index contributed by atoms with van der Waals surface area (Å²) in [5.41, 5.74) is 0.806. The van der Waals surface area contributed by atoms with Crippen LogP contribution in [0.15, 0.2) is 60.7 Å². The molecule has 0 aromatic heterocycles. The summed E-state index contributed by atoms with van der Waals surface area (Å²) in [5, 5.41) is 34.8. The van der Waals surface area contributed by atoms with E-state index in [-0.39, 0.29) is 0 Å². The van der Waals surface area contributed by atoms with Crippen LogP contribution in [0.4, 0.5) is 0 Å². The van der Waals surface area contributed by atoms with Gasteiger partial charge in [0.05, 0.1) is 0 Å². The van der Waals surface area contributed by atoms with Crippen molar-refractivity contribution in [3.05, 3.63) is 71.8 Å². The van der Waals surface area contributed by atoms with Crippen molar-refractivity contribution in [2.75, 3.05) is 0 Å². The Kier molecular flexibility index (Phi) is 6.75. The van der Waals surface area contributed by atoms with Gasteiger partial charge in [-0.15, -0.1) is 0 Å². The Morgan fingerprint density at radius 1 is 0.636 bits per heavy atom. The van der Waals surface area contributed by atoms with Gasteiger partial charge in [0.15, 0.2) is 12.2 Å². The summed E-state index contributed by atoms with van der Waals surface area (Å²) >= 11 is 0. The second-order valence-corrected chi connectivity index (χ2v) is 4.30. The Bertz CT molecular complexity index is 541. The number of aliphatic carboxylic acids is 2. The van der Waals surface area contributed by atoms with Crippen molar-refractivity contribution < 1.29 is 30.0 Å². The molecule has 0 fully saturated rings. The molecule has 116 valence electrons. The normalized spacial score (nSPS) is 12.5. The molecule has 0 aliphatic heterocycles. The van der Waals surface area contributed by atoms with Crippen LogP contribution in [0, 0.1) is 0 Å². The lowest BCUT2D eigenvalue weighted by atomic mass is 10.1. The molecule has 0 heterocycles. The maximum atomic E-state index is 10.2. The highest BCUT2D eigenvalue weighted by Gasteiger charge is 2.14. The van der Waals surface area contributed by atoms with E-state index >= 15 is 0 Å². The van der Waals surface area contributed by atoms with Crippen LogP contribution in [0.25, 0.3) is 0 Å². The summed E-state index contributed by atoms with van der Waals surface area (Å²) in [5.74, 6) is -2.45. The fourth-order valence-corrected chi connectivity index (χ4v) is 1.56. The van der Waals surface area contributed by atoms with Crippen molar-refractivity contribution >= 4 is 11.9 Å². The number of aliphatic hydroxyl groups is 2. The van der Waals surface area contributed by atoms with Gasteiger partial charge >= 0.3 is 11.9 Å². The molecule has 0 bridgehead atoms. The molecule has 2 aromatic carbocycles. The molecule has 2 atom stereocenters. The van der Waals surface area contributed by atoms with E-state index in [0.29, 0.717) is 11.1 Å². The molecule has 0 aliphatic carbocycles. The van der Waals surface area contributed by atoms with Gasteiger partial charge in [0, 0.05) is 0 Å². The van der Waals surface area contributed by atoms with Crippen LogP contribution in [-0.2, 0) is 9.59 Å². The number of carboxylic acids is 2. The van der Waals surface area contributed by atoms with Crippen molar-refractivity contribution in [1.29, 1.82) is 0 Å². The molecule has 0 aliphatic rings. The first kappa shape index (κ1) is 17.4. The molecule has 6 nitrogen and oxygen atoms in total. The van der Waals surface area contributed by atoms with Crippen LogP contribution in [0.5, 0.6) is 0 Å². The zero-order valence-corrected chi connectivity index (χ0v) is 11.5. The molecular formula is C16H16O6. The molecule has 2 rings (SSSR count). The van der Waals surface area contributed by atoms with E-state index < -0.39 is 24.1 Å². The number of aliphatic hydroxyl groups excluding tert-OH is 2. The molecule has 2 unspecified atom stereocenters. The zero-order chi connectivity index (χ0) is 16.5. The molecule has 0 saturated heterocycles. The van der Waals surface area contributed by atoms with Crippen LogP contribution in [0.3, 0.4) is 0 Å². The predicted molar refractivity (Wildman–Crippen MR) is 78.1 cm³/mol. The van der Waals surface area contributed by atoms with Crippen LogP contribution in [-0.4, -0.2) is 32.4 Å². The van der Waals surface area contributed by atoms with Gasteiger partial charge in [0.1, 0.15) is 0 Å². The molecule has 0 spiro atoms. The van der Waals surface area contributed by atoms with Gasteiger partial charge in [-0.1, -0.05) is 60.7 Å². The van der Waals surface area contributed by atoms with Crippen LogP contribution >= 0.6 is 0 Å².